The molecule has 230 valence electrons. The molecule has 0 aliphatic carbocycles. The van der Waals surface area contributed by atoms with E-state index in [1.807, 2.05) is 78.9 Å². The van der Waals surface area contributed by atoms with Crippen LogP contribution in [0.3, 0.4) is 0 Å². The van der Waals surface area contributed by atoms with Crippen molar-refractivity contribution in [2.75, 3.05) is 12.4 Å². The molecule has 10 heteroatoms. The predicted molar refractivity (Wildman–Crippen MR) is 174 cm³/mol. The van der Waals surface area contributed by atoms with Crippen LogP contribution in [-0.2, 0) is 30.8 Å². The average Bonchev–Trinajstić information content (AvgIpc) is 3.03. The van der Waals surface area contributed by atoms with Gasteiger partial charge in [-0.3, -0.25) is 9.69 Å². The molecule has 45 heavy (non-hydrogen) atoms. The number of halogens is 1. The van der Waals surface area contributed by atoms with Gasteiger partial charge in [0.2, 0.25) is 5.91 Å². The monoisotopic (exact) mass is 624 g/mol. The van der Waals surface area contributed by atoms with Crippen LogP contribution in [-0.4, -0.2) is 45.0 Å². The molecular weight excluding hydrogens is 592 g/mol. The predicted octanol–water partition coefficient (Wildman–Crippen LogP) is 6.51. The van der Waals surface area contributed by atoms with E-state index in [0.717, 1.165) is 16.7 Å². The van der Waals surface area contributed by atoms with Crippen LogP contribution in [0.4, 0.5) is 10.8 Å². The zero-order valence-corrected chi connectivity index (χ0v) is 25.7. The topological polar surface area (TPSA) is 116 Å². The number of hydrogen-bond acceptors (Lipinski definition) is 6. The minimum Gasteiger partial charge on any atom is -0.465 e. The molecular formula is C35H33ClN4O5. The standard InChI is InChI=1S/C35H33ClN4O5/c1-23-26(22-40(35(43)44)20-25-13-7-4-8-14-25)17-18-29-31(23)33(42)45-34(37-29)38-30(19-24-11-5-3-6-12-24)32(41)39(2)21-27-15-9-10-16-28(27)36/h3-18,30H,19-22H2,1-2H3,(H,37,38)(H,43,44)/t30-/m0/s1. The Morgan fingerprint density at radius 2 is 1.51 bits per heavy atom. The van der Waals surface area contributed by atoms with Gasteiger partial charge in [0, 0.05) is 38.1 Å². The molecule has 0 aliphatic rings. The number of fused-ring (bicyclic) bond motifs is 1. The number of aromatic nitrogens is 1. The molecule has 2 amide bonds. The minimum atomic E-state index is -1.07. The Kier molecular flexibility index (Phi) is 9.79. The van der Waals surface area contributed by atoms with E-state index < -0.39 is 17.8 Å². The first-order chi connectivity index (χ1) is 21.7. The van der Waals surface area contributed by atoms with Gasteiger partial charge >= 0.3 is 11.7 Å². The summed E-state index contributed by atoms with van der Waals surface area (Å²) in [5.41, 5.74) is 3.55. The Morgan fingerprint density at radius 3 is 2.18 bits per heavy atom. The van der Waals surface area contributed by atoms with Gasteiger partial charge in [0.15, 0.2) is 0 Å². The smallest absolute Gasteiger partial charge is 0.407 e. The molecule has 1 heterocycles. The fourth-order valence-electron chi connectivity index (χ4n) is 5.22. The molecule has 0 radical (unpaired) electrons. The Labute approximate surface area is 265 Å². The fraction of sp³-hybridized carbons (Fsp3) is 0.200. The van der Waals surface area contributed by atoms with Crippen LogP contribution in [0.2, 0.25) is 5.02 Å². The first kappa shape index (κ1) is 31.3. The summed E-state index contributed by atoms with van der Waals surface area (Å²) in [4.78, 5) is 46.5. The Bertz CT molecular complexity index is 1860. The maximum absolute atomic E-state index is 13.7. The number of anilines is 1. The second kappa shape index (κ2) is 14.1. The molecule has 0 bridgehead atoms. The highest BCUT2D eigenvalue weighted by Crippen LogP contribution is 2.23. The average molecular weight is 625 g/mol. The molecule has 0 saturated heterocycles. The number of carbonyl (C=O) groups is 2. The van der Waals surface area contributed by atoms with Crippen molar-refractivity contribution in [2.24, 2.45) is 0 Å². The summed E-state index contributed by atoms with van der Waals surface area (Å²) in [7, 11) is 1.69. The van der Waals surface area contributed by atoms with Gasteiger partial charge in [-0.05, 0) is 46.9 Å². The number of aryl methyl sites for hydroxylation is 1. The molecule has 0 unspecified atom stereocenters. The number of carbonyl (C=O) groups excluding carboxylic acids is 1. The molecule has 1 aromatic heterocycles. The molecule has 5 rings (SSSR count). The lowest BCUT2D eigenvalue weighted by molar-refractivity contribution is -0.131. The van der Waals surface area contributed by atoms with Crippen LogP contribution in [0.5, 0.6) is 0 Å². The van der Waals surface area contributed by atoms with E-state index in [9.17, 15) is 19.5 Å². The lowest BCUT2D eigenvalue weighted by Crippen LogP contribution is -2.42. The summed E-state index contributed by atoms with van der Waals surface area (Å²) >= 11 is 6.34. The summed E-state index contributed by atoms with van der Waals surface area (Å²) in [5.74, 6) is -0.234. The molecule has 0 spiro atoms. The van der Waals surface area contributed by atoms with E-state index in [1.54, 1.807) is 37.1 Å². The van der Waals surface area contributed by atoms with Gasteiger partial charge in [0.25, 0.3) is 6.01 Å². The van der Waals surface area contributed by atoms with Gasteiger partial charge in [-0.25, -0.2) is 9.59 Å². The van der Waals surface area contributed by atoms with Crippen molar-refractivity contribution in [2.45, 2.75) is 39.0 Å². The third-order valence-electron chi connectivity index (χ3n) is 7.64. The molecule has 0 fully saturated rings. The number of amides is 2. The Balaban J connectivity index is 1.41. The van der Waals surface area contributed by atoms with Crippen LogP contribution in [0.1, 0.15) is 27.8 Å². The number of nitrogens with zero attached hydrogens (tertiary/aromatic N) is 3. The van der Waals surface area contributed by atoms with Gasteiger partial charge in [-0.1, -0.05) is 96.5 Å². The van der Waals surface area contributed by atoms with Crippen molar-refractivity contribution in [1.29, 1.82) is 0 Å². The van der Waals surface area contributed by atoms with Crippen molar-refractivity contribution >= 4 is 40.5 Å². The summed E-state index contributed by atoms with van der Waals surface area (Å²) in [5, 5.41) is 13.7. The first-order valence-electron chi connectivity index (χ1n) is 14.4. The number of likely N-dealkylation sites (N-methyl/N-ethyl adjacent to an activating group) is 1. The van der Waals surface area contributed by atoms with E-state index in [4.69, 9.17) is 16.0 Å². The highest BCUT2D eigenvalue weighted by atomic mass is 35.5. The SMILES string of the molecule is Cc1c(CN(Cc2ccccc2)C(=O)O)ccc2nc(N[C@@H](Cc3ccccc3)C(=O)N(C)Cc3ccccc3Cl)oc(=O)c12. The number of carboxylic acid groups (broad SMARTS) is 1. The largest absolute Gasteiger partial charge is 0.465 e. The van der Waals surface area contributed by atoms with Gasteiger partial charge in [-0.2, -0.15) is 4.98 Å². The Hall–Kier alpha value is -5.15. The van der Waals surface area contributed by atoms with Gasteiger partial charge in [0.05, 0.1) is 10.9 Å². The van der Waals surface area contributed by atoms with E-state index in [-0.39, 0.29) is 30.4 Å². The van der Waals surface area contributed by atoms with E-state index in [1.165, 1.54) is 4.90 Å². The number of benzene rings is 4. The molecule has 0 aliphatic heterocycles. The summed E-state index contributed by atoms with van der Waals surface area (Å²) in [6, 6.07) is 28.7. The fourth-order valence-corrected chi connectivity index (χ4v) is 5.42. The molecule has 4 aromatic carbocycles. The zero-order chi connectivity index (χ0) is 31.9. The van der Waals surface area contributed by atoms with E-state index >= 15 is 0 Å². The number of nitrogens with one attached hydrogen (secondary N) is 1. The van der Waals surface area contributed by atoms with Crippen LogP contribution < -0.4 is 10.9 Å². The van der Waals surface area contributed by atoms with Crippen molar-refractivity contribution in [3.63, 3.8) is 0 Å². The second-order valence-corrected chi connectivity index (χ2v) is 11.3. The first-order valence-corrected chi connectivity index (χ1v) is 14.8. The number of hydrogen-bond donors (Lipinski definition) is 2. The highest BCUT2D eigenvalue weighted by molar-refractivity contribution is 6.31. The quantitative estimate of drug-likeness (QED) is 0.172. The van der Waals surface area contributed by atoms with E-state index in [0.29, 0.717) is 34.6 Å². The minimum absolute atomic E-state index is 0.0802. The molecule has 1 atom stereocenters. The van der Waals surface area contributed by atoms with Gasteiger partial charge < -0.3 is 19.7 Å². The van der Waals surface area contributed by atoms with Crippen LogP contribution >= 0.6 is 11.6 Å². The van der Waals surface area contributed by atoms with Gasteiger partial charge in [0.1, 0.15) is 6.04 Å². The zero-order valence-electron chi connectivity index (χ0n) is 24.9. The molecule has 9 nitrogen and oxygen atoms in total. The van der Waals surface area contributed by atoms with Crippen LogP contribution in [0, 0.1) is 6.92 Å². The van der Waals surface area contributed by atoms with Crippen molar-refractivity contribution in [3.8, 4) is 0 Å². The van der Waals surface area contributed by atoms with Crippen molar-refractivity contribution in [3.05, 3.63) is 140 Å². The molecule has 0 saturated carbocycles. The van der Waals surface area contributed by atoms with Crippen molar-refractivity contribution in [1.82, 2.24) is 14.8 Å². The van der Waals surface area contributed by atoms with Crippen molar-refractivity contribution < 1.29 is 19.1 Å². The second-order valence-electron chi connectivity index (χ2n) is 10.8. The maximum atomic E-state index is 13.7. The third kappa shape index (κ3) is 7.69. The Morgan fingerprint density at radius 1 is 0.867 bits per heavy atom. The molecule has 2 N–H and O–H groups in total. The third-order valence-corrected chi connectivity index (χ3v) is 8.01. The van der Waals surface area contributed by atoms with Crippen LogP contribution in [0.15, 0.2) is 106 Å². The molecule has 5 aromatic rings. The summed E-state index contributed by atoms with van der Waals surface area (Å²) in [6.45, 7) is 2.32. The highest BCUT2D eigenvalue weighted by Gasteiger charge is 2.25. The normalized spacial score (nSPS) is 11.6. The number of rotatable bonds is 11. The summed E-state index contributed by atoms with van der Waals surface area (Å²) in [6.07, 6.45) is -0.753. The van der Waals surface area contributed by atoms with Crippen LogP contribution in [0.25, 0.3) is 10.9 Å². The van der Waals surface area contributed by atoms with E-state index in [2.05, 4.69) is 10.3 Å². The lowest BCUT2D eigenvalue weighted by Gasteiger charge is -2.25. The maximum Gasteiger partial charge on any atom is 0.407 e. The van der Waals surface area contributed by atoms with Gasteiger partial charge in [-0.15, -0.1) is 0 Å². The lowest BCUT2D eigenvalue weighted by atomic mass is 10.0. The summed E-state index contributed by atoms with van der Waals surface area (Å²) < 4.78 is 5.61.